The van der Waals surface area contributed by atoms with Crippen molar-refractivity contribution in [1.29, 1.82) is 0 Å². The summed E-state index contributed by atoms with van der Waals surface area (Å²) in [5.74, 6) is 0.464. The standard InChI is InChI=1S/C14H23N3O2/c1-4-17(5-2)9-8-16-14(18)12-10-11(19-3)6-7-13(12)15/h6-7,10H,4-5,8-9,15H2,1-3H3,(H,16,18). The van der Waals surface area contributed by atoms with E-state index < -0.39 is 0 Å². The third kappa shape index (κ3) is 4.44. The van der Waals surface area contributed by atoms with Crippen molar-refractivity contribution >= 4 is 11.6 Å². The Morgan fingerprint density at radius 3 is 2.63 bits per heavy atom. The molecule has 1 aromatic carbocycles. The second-order valence-corrected chi connectivity index (χ2v) is 4.24. The van der Waals surface area contributed by atoms with E-state index in [4.69, 9.17) is 10.5 Å². The molecule has 1 amide bonds. The first-order chi connectivity index (χ1) is 9.12. The van der Waals surface area contributed by atoms with Gasteiger partial charge in [-0.1, -0.05) is 13.8 Å². The largest absolute Gasteiger partial charge is 0.497 e. The van der Waals surface area contributed by atoms with Crippen LogP contribution in [0.4, 0.5) is 5.69 Å². The van der Waals surface area contributed by atoms with Gasteiger partial charge < -0.3 is 20.7 Å². The highest BCUT2D eigenvalue weighted by Gasteiger charge is 2.10. The molecule has 19 heavy (non-hydrogen) atoms. The summed E-state index contributed by atoms with van der Waals surface area (Å²) >= 11 is 0. The molecule has 5 nitrogen and oxygen atoms in total. The number of nitrogens with one attached hydrogen (secondary N) is 1. The summed E-state index contributed by atoms with van der Waals surface area (Å²) in [6, 6.07) is 5.07. The first-order valence-corrected chi connectivity index (χ1v) is 6.56. The van der Waals surface area contributed by atoms with E-state index in [0.717, 1.165) is 19.6 Å². The fourth-order valence-corrected chi connectivity index (χ4v) is 1.82. The van der Waals surface area contributed by atoms with Crippen LogP contribution < -0.4 is 15.8 Å². The molecule has 3 N–H and O–H groups in total. The van der Waals surface area contributed by atoms with Crippen molar-refractivity contribution < 1.29 is 9.53 Å². The van der Waals surface area contributed by atoms with Gasteiger partial charge >= 0.3 is 0 Å². The van der Waals surface area contributed by atoms with E-state index in [-0.39, 0.29) is 5.91 Å². The molecule has 0 aliphatic carbocycles. The van der Waals surface area contributed by atoms with Crippen molar-refractivity contribution in [1.82, 2.24) is 10.2 Å². The minimum atomic E-state index is -0.163. The lowest BCUT2D eigenvalue weighted by atomic mass is 10.1. The van der Waals surface area contributed by atoms with Crippen LogP contribution in [0.25, 0.3) is 0 Å². The van der Waals surface area contributed by atoms with Gasteiger partial charge in [0.25, 0.3) is 5.91 Å². The maximum Gasteiger partial charge on any atom is 0.253 e. The van der Waals surface area contributed by atoms with Gasteiger partial charge in [0.1, 0.15) is 5.75 Å². The number of nitrogens with two attached hydrogens (primary N) is 1. The number of anilines is 1. The molecule has 0 aliphatic heterocycles. The smallest absolute Gasteiger partial charge is 0.253 e. The predicted molar refractivity (Wildman–Crippen MR) is 77.5 cm³/mol. The Labute approximate surface area is 114 Å². The number of benzene rings is 1. The fourth-order valence-electron chi connectivity index (χ4n) is 1.82. The normalized spacial score (nSPS) is 10.5. The number of nitrogens with zero attached hydrogens (tertiary/aromatic N) is 1. The van der Waals surface area contributed by atoms with Gasteiger partial charge in [-0.2, -0.15) is 0 Å². The van der Waals surface area contributed by atoms with Crippen LogP contribution in [0.2, 0.25) is 0 Å². The van der Waals surface area contributed by atoms with Crippen LogP contribution in [0, 0.1) is 0 Å². The molecule has 0 radical (unpaired) electrons. The van der Waals surface area contributed by atoms with Crippen molar-refractivity contribution in [2.24, 2.45) is 0 Å². The fraction of sp³-hybridized carbons (Fsp3) is 0.500. The predicted octanol–water partition coefficient (Wildman–Crippen LogP) is 1.35. The molecule has 0 unspecified atom stereocenters. The number of ether oxygens (including phenoxy) is 1. The number of hydrogen-bond acceptors (Lipinski definition) is 4. The lowest BCUT2D eigenvalue weighted by Gasteiger charge is -2.18. The number of rotatable bonds is 7. The highest BCUT2D eigenvalue weighted by molar-refractivity contribution is 5.99. The van der Waals surface area contributed by atoms with E-state index in [9.17, 15) is 4.79 Å². The molecular formula is C14H23N3O2. The summed E-state index contributed by atoms with van der Waals surface area (Å²) in [5.41, 5.74) is 6.72. The Hall–Kier alpha value is -1.75. The average molecular weight is 265 g/mol. The number of likely N-dealkylation sites (N-methyl/N-ethyl adjacent to an activating group) is 1. The Balaban J connectivity index is 2.58. The number of hydrogen-bond donors (Lipinski definition) is 2. The number of nitrogen functional groups attached to an aromatic ring is 1. The van der Waals surface area contributed by atoms with Crippen LogP contribution in [0.5, 0.6) is 5.75 Å². The van der Waals surface area contributed by atoms with Gasteiger partial charge in [0.05, 0.1) is 12.7 Å². The van der Waals surface area contributed by atoms with Crippen LogP contribution in [0.1, 0.15) is 24.2 Å². The van der Waals surface area contributed by atoms with Gasteiger partial charge in [0.2, 0.25) is 0 Å². The molecule has 0 aliphatic rings. The molecule has 0 bridgehead atoms. The second kappa shape index (κ2) is 7.63. The summed E-state index contributed by atoms with van der Waals surface area (Å²) in [4.78, 5) is 14.3. The van der Waals surface area contributed by atoms with Crippen LogP contribution in [0.15, 0.2) is 18.2 Å². The molecule has 5 heteroatoms. The van der Waals surface area contributed by atoms with E-state index in [0.29, 0.717) is 23.5 Å². The molecule has 106 valence electrons. The van der Waals surface area contributed by atoms with Crippen molar-refractivity contribution in [3.05, 3.63) is 23.8 Å². The van der Waals surface area contributed by atoms with E-state index in [1.165, 1.54) is 0 Å². The van der Waals surface area contributed by atoms with E-state index in [1.54, 1.807) is 25.3 Å². The Morgan fingerprint density at radius 1 is 1.37 bits per heavy atom. The number of amides is 1. The van der Waals surface area contributed by atoms with Crippen molar-refractivity contribution in [3.8, 4) is 5.75 Å². The molecule has 1 aromatic rings. The molecule has 0 fully saturated rings. The van der Waals surface area contributed by atoms with Crippen LogP contribution in [-0.4, -0.2) is 44.1 Å². The summed E-state index contributed by atoms with van der Waals surface area (Å²) < 4.78 is 5.09. The average Bonchev–Trinajstić information content (AvgIpc) is 2.44. The Kier molecular flexibility index (Phi) is 6.15. The first-order valence-electron chi connectivity index (χ1n) is 6.56. The van der Waals surface area contributed by atoms with Gasteiger partial charge in [-0.15, -0.1) is 0 Å². The van der Waals surface area contributed by atoms with Crippen molar-refractivity contribution in [2.75, 3.05) is 39.0 Å². The van der Waals surface area contributed by atoms with Gasteiger partial charge in [-0.25, -0.2) is 0 Å². The third-order valence-corrected chi connectivity index (χ3v) is 3.11. The minimum absolute atomic E-state index is 0.163. The lowest BCUT2D eigenvalue weighted by Crippen LogP contribution is -2.35. The summed E-state index contributed by atoms with van der Waals surface area (Å²) in [6.07, 6.45) is 0. The van der Waals surface area contributed by atoms with Gasteiger partial charge in [-0.3, -0.25) is 4.79 Å². The number of methoxy groups -OCH3 is 1. The topological polar surface area (TPSA) is 67.6 Å². The maximum atomic E-state index is 12.0. The minimum Gasteiger partial charge on any atom is -0.497 e. The molecular weight excluding hydrogens is 242 g/mol. The second-order valence-electron chi connectivity index (χ2n) is 4.24. The number of carbonyl (C=O) groups is 1. The van der Waals surface area contributed by atoms with Crippen LogP contribution in [-0.2, 0) is 0 Å². The first kappa shape index (κ1) is 15.3. The zero-order valence-corrected chi connectivity index (χ0v) is 11.9. The zero-order valence-electron chi connectivity index (χ0n) is 11.9. The molecule has 0 atom stereocenters. The van der Waals surface area contributed by atoms with Gasteiger partial charge in [0.15, 0.2) is 0 Å². The maximum absolute atomic E-state index is 12.0. The van der Waals surface area contributed by atoms with E-state index in [1.807, 2.05) is 0 Å². The SMILES string of the molecule is CCN(CC)CCNC(=O)c1cc(OC)ccc1N. The molecule has 1 rings (SSSR count). The third-order valence-electron chi connectivity index (χ3n) is 3.11. The van der Waals surface area contributed by atoms with Gasteiger partial charge in [-0.05, 0) is 31.3 Å². The van der Waals surface area contributed by atoms with Crippen LogP contribution in [0.3, 0.4) is 0 Å². The summed E-state index contributed by atoms with van der Waals surface area (Å²) in [6.45, 7) is 7.61. The van der Waals surface area contributed by atoms with Crippen molar-refractivity contribution in [3.63, 3.8) is 0 Å². The molecule has 0 aromatic heterocycles. The lowest BCUT2D eigenvalue weighted by molar-refractivity contribution is 0.0949. The number of carbonyl (C=O) groups excluding carboxylic acids is 1. The molecule has 0 spiro atoms. The summed E-state index contributed by atoms with van der Waals surface area (Å²) in [7, 11) is 1.56. The monoisotopic (exact) mass is 265 g/mol. The zero-order chi connectivity index (χ0) is 14.3. The van der Waals surface area contributed by atoms with Crippen molar-refractivity contribution in [2.45, 2.75) is 13.8 Å². The molecule has 0 heterocycles. The van der Waals surface area contributed by atoms with Gasteiger partial charge in [0, 0.05) is 18.8 Å². The van der Waals surface area contributed by atoms with Crippen LogP contribution >= 0.6 is 0 Å². The highest BCUT2D eigenvalue weighted by atomic mass is 16.5. The molecule has 0 saturated carbocycles. The van der Waals surface area contributed by atoms with E-state index >= 15 is 0 Å². The molecule has 0 saturated heterocycles. The Bertz CT molecular complexity index is 417. The highest BCUT2D eigenvalue weighted by Crippen LogP contribution is 2.19. The summed E-state index contributed by atoms with van der Waals surface area (Å²) in [5, 5.41) is 2.87. The van der Waals surface area contributed by atoms with E-state index in [2.05, 4.69) is 24.1 Å². The quantitative estimate of drug-likeness (QED) is 0.730. The Morgan fingerprint density at radius 2 is 2.05 bits per heavy atom.